The minimum absolute atomic E-state index is 0.0393. The van der Waals surface area contributed by atoms with Crippen LogP contribution in [0.3, 0.4) is 0 Å². The number of likely N-dealkylation sites (N-methyl/N-ethyl adjacent to an activating group) is 1. The van der Waals surface area contributed by atoms with Gasteiger partial charge >= 0.3 is 11.7 Å². The number of aromatic nitrogens is 3. The summed E-state index contributed by atoms with van der Waals surface area (Å²) in [5.41, 5.74) is -0.637. The van der Waals surface area contributed by atoms with E-state index in [1.165, 1.54) is 31.0 Å². The fourth-order valence-corrected chi connectivity index (χ4v) is 3.97. The molecule has 0 saturated carbocycles. The van der Waals surface area contributed by atoms with Gasteiger partial charge in [-0.05, 0) is 35.4 Å². The summed E-state index contributed by atoms with van der Waals surface area (Å²) >= 11 is 0. The van der Waals surface area contributed by atoms with Gasteiger partial charge in [-0.1, -0.05) is 0 Å². The lowest BCUT2D eigenvalue weighted by Crippen LogP contribution is -2.45. The van der Waals surface area contributed by atoms with E-state index in [0.717, 1.165) is 16.7 Å². The van der Waals surface area contributed by atoms with Gasteiger partial charge in [-0.25, -0.2) is 23.4 Å². The summed E-state index contributed by atoms with van der Waals surface area (Å²) in [6, 6.07) is 4.95. The Labute approximate surface area is 203 Å². The predicted molar refractivity (Wildman–Crippen MR) is 125 cm³/mol. The molecule has 0 radical (unpaired) electrons. The Morgan fingerprint density at radius 2 is 1.83 bits per heavy atom. The average molecular weight is 500 g/mol. The third-order valence-electron chi connectivity index (χ3n) is 5.70. The van der Waals surface area contributed by atoms with E-state index >= 15 is 0 Å². The van der Waals surface area contributed by atoms with Crippen LogP contribution in [0.25, 0.3) is 6.08 Å². The number of carbonyl (C=O) groups is 1. The van der Waals surface area contributed by atoms with Gasteiger partial charge in [0.05, 0.1) is 31.3 Å². The lowest BCUT2D eigenvalue weighted by atomic mass is 10.1. The maximum absolute atomic E-state index is 13.8. The van der Waals surface area contributed by atoms with Crippen molar-refractivity contribution in [2.75, 3.05) is 25.6 Å². The van der Waals surface area contributed by atoms with Crippen LogP contribution in [0, 0.1) is 11.6 Å². The van der Waals surface area contributed by atoms with Crippen molar-refractivity contribution < 1.29 is 28.2 Å². The number of phenolic OH excluding ortho intramolecular Hbond substituents is 1. The Balaban J connectivity index is 1.68. The number of aromatic hydroxyl groups is 1. The molecule has 0 bridgehead atoms. The van der Waals surface area contributed by atoms with Crippen LogP contribution in [-0.4, -0.2) is 45.9 Å². The van der Waals surface area contributed by atoms with Crippen LogP contribution >= 0.6 is 0 Å². The maximum atomic E-state index is 13.8. The molecule has 0 amide bonds. The number of halogens is 2. The minimum Gasteiger partial charge on any atom is -0.503 e. The maximum Gasteiger partial charge on any atom is 0.336 e. The Morgan fingerprint density at radius 1 is 1.14 bits per heavy atom. The molecule has 0 unspecified atom stereocenters. The highest BCUT2D eigenvalue weighted by Crippen LogP contribution is 2.25. The van der Waals surface area contributed by atoms with E-state index in [-0.39, 0.29) is 35.7 Å². The van der Waals surface area contributed by atoms with E-state index in [2.05, 4.69) is 4.98 Å². The smallest absolute Gasteiger partial charge is 0.336 e. The molecule has 0 saturated heterocycles. The van der Waals surface area contributed by atoms with Crippen molar-refractivity contribution in [2.24, 2.45) is 7.05 Å². The second kappa shape index (κ2) is 9.64. The number of hydrogen-bond acceptors (Lipinski definition) is 8. The molecule has 36 heavy (non-hydrogen) atoms. The fraction of sp³-hybridized carbons (Fsp3) is 0.250. The monoisotopic (exact) mass is 500 g/mol. The number of carbonyl (C=O) groups excluding carboxylic acids is 1. The van der Waals surface area contributed by atoms with Crippen LogP contribution < -0.4 is 20.9 Å². The molecule has 0 spiro atoms. The highest BCUT2D eigenvalue weighted by molar-refractivity contribution is 5.97. The van der Waals surface area contributed by atoms with E-state index in [1.54, 1.807) is 24.1 Å². The second-order valence-electron chi connectivity index (χ2n) is 8.19. The number of phenols is 1. The molecule has 10 nitrogen and oxygen atoms in total. The topological polar surface area (TPSA) is 116 Å². The molecule has 12 heteroatoms. The number of anilines is 1. The first-order chi connectivity index (χ1) is 17.1. The molecule has 1 aliphatic rings. The van der Waals surface area contributed by atoms with Gasteiger partial charge in [0.1, 0.15) is 12.4 Å². The molecule has 3 heterocycles. The number of nitrogens with zero attached hydrogens (tertiary/aromatic N) is 4. The highest BCUT2D eigenvalue weighted by atomic mass is 19.1. The first-order valence-corrected chi connectivity index (χ1v) is 10.7. The number of fused-ring (bicyclic) bond motifs is 1. The number of benzene rings is 1. The quantitative estimate of drug-likeness (QED) is 0.507. The Kier molecular flexibility index (Phi) is 6.60. The van der Waals surface area contributed by atoms with Gasteiger partial charge in [-0.15, -0.1) is 0 Å². The molecule has 1 N–H and O–H groups in total. The van der Waals surface area contributed by atoms with Crippen molar-refractivity contribution in [2.45, 2.75) is 13.2 Å². The fourth-order valence-electron chi connectivity index (χ4n) is 3.97. The van der Waals surface area contributed by atoms with Gasteiger partial charge in [0.25, 0.3) is 5.56 Å². The first kappa shape index (κ1) is 24.6. The number of hydrogen-bond donors (Lipinski definition) is 1. The standard InChI is InChI=1S/C24H22F2N4O6/c1-28-11-15(23(33)36-12-13-4-5-27-19(8-13)35-3)9-16-21(28)29(2)24(34)30(22(16)32)10-14-6-17(25)20(31)18(26)7-14/h4-9,31H,10-12H2,1-3H3. The number of rotatable bonds is 6. The zero-order valence-corrected chi connectivity index (χ0v) is 19.6. The molecular weight excluding hydrogens is 478 g/mol. The molecule has 3 aromatic rings. The first-order valence-electron chi connectivity index (χ1n) is 10.7. The van der Waals surface area contributed by atoms with Crippen LogP contribution in [-0.2, 0) is 29.7 Å². The van der Waals surface area contributed by atoms with E-state index in [9.17, 15) is 28.3 Å². The molecule has 1 aliphatic heterocycles. The summed E-state index contributed by atoms with van der Waals surface area (Å²) in [5, 5.41) is 9.31. The van der Waals surface area contributed by atoms with E-state index in [4.69, 9.17) is 9.47 Å². The Bertz CT molecular complexity index is 1490. The van der Waals surface area contributed by atoms with Crippen molar-refractivity contribution in [3.8, 4) is 11.6 Å². The van der Waals surface area contributed by atoms with E-state index < -0.39 is 41.1 Å². The molecular formula is C24H22F2N4O6. The number of methoxy groups -OCH3 is 1. The summed E-state index contributed by atoms with van der Waals surface area (Å²) in [6.45, 7) is -0.425. The summed E-state index contributed by atoms with van der Waals surface area (Å²) in [5.74, 6) is -3.61. The molecule has 4 rings (SSSR count). The Hall–Kier alpha value is -4.48. The average Bonchev–Trinajstić information content (AvgIpc) is 2.86. The Morgan fingerprint density at radius 3 is 2.50 bits per heavy atom. The van der Waals surface area contributed by atoms with Crippen LogP contribution in [0.4, 0.5) is 14.6 Å². The van der Waals surface area contributed by atoms with Gasteiger partial charge in [0.2, 0.25) is 5.88 Å². The van der Waals surface area contributed by atoms with Gasteiger partial charge < -0.3 is 19.5 Å². The van der Waals surface area contributed by atoms with Gasteiger partial charge in [-0.2, -0.15) is 0 Å². The molecule has 0 fully saturated rings. The lowest BCUT2D eigenvalue weighted by molar-refractivity contribution is -0.140. The zero-order valence-electron chi connectivity index (χ0n) is 19.6. The molecule has 1 aromatic carbocycles. The molecule has 0 atom stereocenters. The summed E-state index contributed by atoms with van der Waals surface area (Å²) in [7, 11) is 4.52. The van der Waals surface area contributed by atoms with Crippen molar-refractivity contribution in [1.82, 2.24) is 14.1 Å². The largest absolute Gasteiger partial charge is 0.503 e. The number of ether oxygens (including phenoxy) is 2. The van der Waals surface area contributed by atoms with Crippen LogP contribution in [0.2, 0.25) is 0 Å². The SMILES string of the molecule is COc1cc(COC(=O)C2=Cc3c(n(C)c(=O)n(Cc4cc(F)c(O)c(F)c4)c3=O)N(C)C2)ccn1. The molecule has 2 aromatic heterocycles. The van der Waals surface area contributed by atoms with Crippen molar-refractivity contribution >= 4 is 17.9 Å². The van der Waals surface area contributed by atoms with E-state index in [0.29, 0.717) is 11.4 Å². The van der Waals surface area contributed by atoms with Crippen LogP contribution in [0.1, 0.15) is 16.7 Å². The van der Waals surface area contributed by atoms with Gasteiger partial charge in [0, 0.05) is 26.4 Å². The predicted octanol–water partition coefficient (Wildman–Crippen LogP) is 1.56. The highest BCUT2D eigenvalue weighted by Gasteiger charge is 2.27. The third kappa shape index (κ3) is 4.57. The van der Waals surface area contributed by atoms with E-state index in [1.807, 2.05) is 0 Å². The van der Waals surface area contributed by atoms with Crippen molar-refractivity contribution in [1.29, 1.82) is 0 Å². The second-order valence-corrected chi connectivity index (χ2v) is 8.19. The zero-order chi connectivity index (χ0) is 26.1. The number of pyridine rings is 1. The minimum atomic E-state index is -1.22. The van der Waals surface area contributed by atoms with Gasteiger partial charge in [-0.3, -0.25) is 13.9 Å². The van der Waals surface area contributed by atoms with Gasteiger partial charge in [0.15, 0.2) is 17.4 Å². The third-order valence-corrected chi connectivity index (χ3v) is 5.70. The van der Waals surface area contributed by atoms with Crippen LogP contribution in [0.15, 0.2) is 45.6 Å². The molecule has 188 valence electrons. The normalized spacial score (nSPS) is 12.7. The summed E-state index contributed by atoms with van der Waals surface area (Å²) in [6.07, 6.45) is 2.86. The lowest BCUT2D eigenvalue weighted by Gasteiger charge is -2.28. The summed E-state index contributed by atoms with van der Waals surface area (Å²) < 4.78 is 40.0. The van der Waals surface area contributed by atoms with Crippen molar-refractivity contribution in [3.05, 3.63) is 85.2 Å². The molecule has 0 aliphatic carbocycles. The van der Waals surface area contributed by atoms with Crippen molar-refractivity contribution in [3.63, 3.8) is 0 Å². The van der Waals surface area contributed by atoms with Crippen LogP contribution in [0.5, 0.6) is 11.6 Å². The number of esters is 1. The summed E-state index contributed by atoms with van der Waals surface area (Å²) in [4.78, 5) is 44.5.